The first-order valence-electron chi connectivity index (χ1n) is 18.4. The Bertz CT molecular complexity index is 1900. The van der Waals surface area contributed by atoms with Crippen molar-refractivity contribution in [3.63, 3.8) is 0 Å². The molecule has 2 aromatic rings. The molecule has 2 unspecified atom stereocenters. The molecule has 0 radical (unpaired) electrons. The first kappa shape index (κ1) is 38.8. The van der Waals surface area contributed by atoms with Crippen LogP contribution in [0.3, 0.4) is 0 Å². The van der Waals surface area contributed by atoms with Crippen molar-refractivity contribution in [1.29, 1.82) is 5.26 Å². The number of hydrogen-bond donors (Lipinski definition) is 2. The maximum atomic E-state index is 13.4. The van der Waals surface area contributed by atoms with Crippen LogP contribution in [0.2, 0.25) is 0 Å². The maximum Gasteiger partial charge on any atom is 0.311 e. The minimum absolute atomic E-state index is 0.0543. The van der Waals surface area contributed by atoms with Crippen LogP contribution < -0.4 is 34.3 Å². The van der Waals surface area contributed by atoms with E-state index in [0.29, 0.717) is 58.3 Å². The number of unbranched alkanes of at least 4 members (excludes halogenated alkanes) is 2. The maximum absolute atomic E-state index is 13.4. The number of nitrogens with zero attached hydrogens (tertiary/aromatic N) is 3. The van der Waals surface area contributed by atoms with Crippen LogP contribution in [0.5, 0.6) is 28.7 Å². The second-order valence-electron chi connectivity index (χ2n) is 14.4. The second-order valence-corrected chi connectivity index (χ2v) is 14.4. The van der Waals surface area contributed by atoms with E-state index in [1.807, 2.05) is 20.0 Å². The molecule has 15 heteroatoms. The predicted molar refractivity (Wildman–Crippen MR) is 192 cm³/mol. The zero-order valence-electron chi connectivity index (χ0n) is 31.8. The van der Waals surface area contributed by atoms with E-state index in [1.165, 1.54) is 13.8 Å². The number of nitrogens with one attached hydrogen (secondary N) is 2. The van der Waals surface area contributed by atoms with Gasteiger partial charge in [0.15, 0.2) is 29.7 Å². The van der Waals surface area contributed by atoms with Crippen molar-refractivity contribution in [1.82, 2.24) is 20.4 Å². The van der Waals surface area contributed by atoms with Gasteiger partial charge in [0.05, 0.1) is 25.3 Å². The summed E-state index contributed by atoms with van der Waals surface area (Å²) in [6.45, 7) is 7.10. The van der Waals surface area contributed by atoms with Crippen molar-refractivity contribution in [2.24, 2.45) is 0 Å². The van der Waals surface area contributed by atoms with Crippen molar-refractivity contribution in [2.75, 3.05) is 34.2 Å². The Morgan fingerprint density at radius 3 is 2.46 bits per heavy atom. The summed E-state index contributed by atoms with van der Waals surface area (Å²) >= 11 is 0. The summed E-state index contributed by atoms with van der Waals surface area (Å²) in [5.41, 5.74) is 4.33. The normalized spacial score (nSPS) is 22.8. The fraction of sp³-hybridized carbons (Fsp3) is 0.564. The Morgan fingerprint density at radius 1 is 1.06 bits per heavy atom. The lowest BCUT2D eigenvalue weighted by Crippen LogP contribution is -2.69. The zero-order valence-corrected chi connectivity index (χ0v) is 31.8. The predicted octanol–water partition coefficient (Wildman–Crippen LogP) is 3.81. The molecule has 4 heterocycles. The molecular formula is C39H48FN5O9. The summed E-state index contributed by atoms with van der Waals surface area (Å²) in [6, 6.07) is 0.843. The van der Waals surface area contributed by atoms with E-state index in [4.69, 9.17) is 23.7 Å². The Hall–Kier alpha value is -4.94. The molecule has 1 fully saturated rings. The number of hydrogen-bond acceptors (Lipinski definition) is 12. The van der Waals surface area contributed by atoms with Gasteiger partial charge in [-0.2, -0.15) is 5.26 Å². The van der Waals surface area contributed by atoms with Crippen molar-refractivity contribution in [3.05, 3.63) is 39.4 Å². The number of methoxy groups -OCH3 is 1. The van der Waals surface area contributed by atoms with Crippen molar-refractivity contribution in [2.45, 2.75) is 109 Å². The zero-order chi connectivity index (χ0) is 39.0. The molecule has 1 saturated heterocycles. The van der Waals surface area contributed by atoms with Crippen LogP contribution in [0.4, 0.5) is 4.39 Å². The molecule has 290 valence electrons. The van der Waals surface area contributed by atoms with E-state index in [-0.39, 0.29) is 38.2 Å². The molecule has 6 rings (SSSR count). The molecular weight excluding hydrogens is 701 g/mol. The van der Waals surface area contributed by atoms with Gasteiger partial charge in [-0.25, -0.2) is 4.39 Å². The van der Waals surface area contributed by atoms with Gasteiger partial charge in [-0.1, -0.05) is 25.8 Å². The van der Waals surface area contributed by atoms with E-state index < -0.39 is 54.7 Å². The number of rotatable bonds is 12. The number of alkyl halides is 1. The molecule has 6 atom stereocenters. The number of piperazine rings is 1. The van der Waals surface area contributed by atoms with Crippen LogP contribution in [-0.2, 0) is 32.0 Å². The smallest absolute Gasteiger partial charge is 0.311 e. The van der Waals surface area contributed by atoms with Gasteiger partial charge < -0.3 is 34.3 Å². The van der Waals surface area contributed by atoms with Gasteiger partial charge in [0, 0.05) is 54.2 Å². The standard InChI is InChI=1S/C39H48FN5O9/c1-8-9-10-11-30(48)54-38-31-23(12-19(2)34(38)50-7)13-25-27(16-41)45-26(33(31)44(25)6)14-24-32(28(45)17-42-39(49)21(4)43-29(47)15-40)37-36(51-18-52-37)20(3)35(24)53-22(5)46/h12,21,25-28,33H,8-11,13-15,17-18H2,1-7H3,(H,42,49)(H,43,47)/t21-,25?,26-,27-,28-,33?/m0/s1. The topological polar surface area (TPSA) is 169 Å². The van der Waals surface area contributed by atoms with Crippen LogP contribution in [0.1, 0.15) is 91.9 Å². The highest BCUT2D eigenvalue weighted by atomic mass is 19.1. The molecule has 0 aromatic heterocycles. The molecule has 14 nitrogen and oxygen atoms in total. The van der Waals surface area contributed by atoms with Gasteiger partial charge in [-0.05, 0) is 58.2 Å². The molecule has 4 aliphatic heterocycles. The largest absolute Gasteiger partial charge is 0.493 e. The molecule has 2 amide bonds. The summed E-state index contributed by atoms with van der Waals surface area (Å²) in [4.78, 5) is 55.4. The molecule has 54 heavy (non-hydrogen) atoms. The lowest BCUT2D eigenvalue weighted by atomic mass is 9.71. The van der Waals surface area contributed by atoms with Crippen molar-refractivity contribution < 1.29 is 47.3 Å². The Morgan fingerprint density at radius 2 is 1.80 bits per heavy atom. The van der Waals surface area contributed by atoms with Gasteiger partial charge in [-0.15, -0.1) is 0 Å². The monoisotopic (exact) mass is 749 g/mol. The summed E-state index contributed by atoms with van der Waals surface area (Å²) in [6.07, 6.45) is 3.50. The van der Waals surface area contributed by atoms with E-state index in [1.54, 1.807) is 14.0 Å². The van der Waals surface area contributed by atoms with Crippen LogP contribution in [0.15, 0.2) is 6.07 Å². The minimum Gasteiger partial charge on any atom is -0.493 e. The molecule has 0 saturated carbocycles. The van der Waals surface area contributed by atoms with Gasteiger partial charge >= 0.3 is 11.9 Å². The number of likely N-dealkylation sites (N-methyl/N-ethyl adjacent to an activating group) is 1. The lowest BCUT2D eigenvalue weighted by Gasteiger charge is -2.60. The van der Waals surface area contributed by atoms with Gasteiger partial charge in [-0.3, -0.25) is 29.0 Å². The second kappa shape index (κ2) is 15.8. The number of benzene rings is 2. The number of carbonyl (C=O) groups is 4. The van der Waals surface area contributed by atoms with Crippen LogP contribution >= 0.6 is 0 Å². The van der Waals surface area contributed by atoms with E-state index >= 15 is 0 Å². The molecule has 0 spiro atoms. The van der Waals surface area contributed by atoms with Crippen LogP contribution in [0, 0.1) is 25.2 Å². The number of esters is 2. The Kier molecular flexibility index (Phi) is 11.3. The number of halogens is 1. The highest BCUT2D eigenvalue weighted by molar-refractivity contribution is 5.87. The summed E-state index contributed by atoms with van der Waals surface area (Å²) in [5.74, 6) is -0.479. The van der Waals surface area contributed by atoms with Crippen molar-refractivity contribution >= 4 is 23.8 Å². The number of aryl methyl sites for hydroxylation is 1. The highest BCUT2D eigenvalue weighted by Crippen LogP contribution is 2.58. The van der Waals surface area contributed by atoms with E-state index in [9.17, 15) is 28.8 Å². The Labute approximate surface area is 314 Å². The molecule has 4 aliphatic rings. The van der Waals surface area contributed by atoms with Gasteiger partial charge in [0.1, 0.15) is 17.8 Å². The third kappa shape index (κ3) is 6.81. The molecule has 2 N–H and O–H groups in total. The Balaban J connectivity index is 1.54. The van der Waals surface area contributed by atoms with E-state index in [2.05, 4.69) is 33.4 Å². The molecule has 0 aliphatic carbocycles. The third-order valence-electron chi connectivity index (χ3n) is 11.1. The summed E-state index contributed by atoms with van der Waals surface area (Å²) in [7, 11) is 3.50. The van der Waals surface area contributed by atoms with Crippen LogP contribution in [0.25, 0.3) is 0 Å². The quantitative estimate of drug-likeness (QED) is 0.183. The first-order chi connectivity index (χ1) is 25.9. The number of amides is 2. The van der Waals surface area contributed by atoms with Crippen molar-refractivity contribution in [3.8, 4) is 34.8 Å². The number of carbonyl (C=O) groups excluding carboxylic acids is 4. The number of ether oxygens (including phenoxy) is 5. The third-order valence-corrected chi connectivity index (χ3v) is 11.1. The fourth-order valence-corrected chi connectivity index (χ4v) is 8.77. The average molecular weight is 750 g/mol. The van der Waals surface area contributed by atoms with E-state index in [0.717, 1.165) is 29.5 Å². The number of fused-ring (bicyclic) bond motifs is 9. The lowest BCUT2D eigenvalue weighted by molar-refractivity contribution is -0.135. The molecule has 2 bridgehead atoms. The summed E-state index contributed by atoms with van der Waals surface area (Å²) in [5, 5.41) is 16.2. The molecule has 2 aromatic carbocycles. The van der Waals surface area contributed by atoms with Gasteiger partial charge in [0.25, 0.3) is 5.91 Å². The fourth-order valence-electron chi connectivity index (χ4n) is 8.77. The van der Waals surface area contributed by atoms with Gasteiger partial charge in [0.2, 0.25) is 12.7 Å². The first-order valence-corrected chi connectivity index (χ1v) is 18.4. The minimum atomic E-state index is -1.27. The van der Waals surface area contributed by atoms with Crippen LogP contribution in [-0.4, -0.2) is 91.9 Å². The number of nitriles is 1. The SMILES string of the molecule is CCCCCC(=O)Oc1c(OC)c(C)cc2c1C1[C@@H]3Cc4c(OC(C)=O)c(C)c5c(c4[C@H](CNC(=O)[C@H](C)NC(=O)CF)N3[C@@H](C#N)C(C2)N1C)OCO5. The summed E-state index contributed by atoms with van der Waals surface area (Å²) < 4.78 is 43.0. The highest BCUT2D eigenvalue weighted by Gasteiger charge is 2.57. The average Bonchev–Trinajstić information content (AvgIpc) is 3.63.